The third-order valence-electron chi connectivity index (χ3n) is 3.08. The first-order valence-electron chi connectivity index (χ1n) is 5.88. The highest BCUT2D eigenvalue weighted by molar-refractivity contribution is 6.31. The summed E-state index contributed by atoms with van der Waals surface area (Å²) >= 11 is 12.4. The smallest absolute Gasteiger partial charge is 0.156 e. The fraction of sp³-hybridized carbons (Fsp3) is 0.143. The summed E-state index contributed by atoms with van der Waals surface area (Å²) < 4.78 is 1.60. The molecule has 0 spiro atoms. The molecular formula is C14H11Cl2N3. The molecule has 3 aromatic rings. The molecule has 0 aliphatic rings. The molecule has 0 amide bonds. The van der Waals surface area contributed by atoms with Crippen LogP contribution in [0.2, 0.25) is 10.2 Å². The van der Waals surface area contributed by atoms with Gasteiger partial charge in [-0.2, -0.15) is 5.10 Å². The first kappa shape index (κ1) is 12.5. The maximum absolute atomic E-state index is 6.24. The fourth-order valence-corrected chi connectivity index (χ4v) is 2.63. The van der Waals surface area contributed by atoms with Crippen LogP contribution in [-0.4, -0.2) is 14.6 Å². The van der Waals surface area contributed by atoms with E-state index in [4.69, 9.17) is 23.2 Å². The second kappa shape index (κ2) is 4.83. The molecule has 96 valence electrons. The fourth-order valence-electron chi connectivity index (χ4n) is 2.09. The van der Waals surface area contributed by atoms with E-state index < -0.39 is 0 Å². The predicted molar refractivity (Wildman–Crippen MR) is 77.0 cm³/mol. The molecule has 3 rings (SSSR count). The van der Waals surface area contributed by atoms with Gasteiger partial charge in [-0.3, -0.25) is 0 Å². The van der Waals surface area contributed by atoms with Crippen molar-refractivity contribution in [1.29, 1.82) is 0 Å². The number of hydrogen-bond donors (Lipinski definition) is 0. The van der Waals surface area contributed by atoms with Crippen molar-refractivity contribution in [3.63, 3.8) is 0 Å². The number of nitrogens with zero attached hydrogens (tertiary/aromatic N) is 3. The molecule has 5 heteroatoms. The SMILES string of the molecule is Cc1cccc(Cl)c1Cc1cc(Cl)n2nccc2n1. The van der Waals surface area contributed by atoms with Crippen LogP contribution in [0.5, 0.6) is 0 Å². The van der Waals surface area contributed by atoms with Gasteiger partial charge in [0.05, 0.1) is 11.9 Å². The van der Waals surface area contributed by atoms with Gasteiger partial charge in [0, 0.05) is 17.5 Å². The average molecular weight is 292 g/mol. The molecule has 0 atom stereocenters. The minimum absolute atomic E-state index is 0.551. The third-order valence-corrected chi connectivity index (χ3v) is 3.70. The molecule has 0 N–H and O–H groups in total. The second-order valence-electron chi connectivity index (χ2n) is 4.38. The van der Waals surface area contributed by atoms with Crippen molar-refractivity contribution in [2.45, 2.75) is 13.3 Å². The van der Waals surface area contributed by atoms with E-state index >= 15 is 0 Å². The van der Waals surface area contributed by atoms with Gasteiger partial charge in [0.25, 0.3) is 0 Å². The van der Waals surface area contributed by atoms with E-state index in [2.05, 4.69) is 10.1 Å². The number of halogens is 2. The summed E-state index contributed by atoms with van der Waals surface area (Å²) in [4.78, 5) is 4.53. The molecule has 2 aromatic heterocycles. The number of fused-ring (bicyclic) bond motifs is 1. The summed E-state index contributed by atoms with van der Waals surface area (Å²) in [5, 5.41) is 5.40. The number of aryl methyl sites for hydroxylation is 1. The molecule has 19 heavy (non-hydrogen) atoms. The maximum Gasteiger partial charge on any atom is 0.156 e. The topological polar surface area (TPSA) is 30.2 Å². The summed E-state index contributed by atoms with van der Waals surface area (Å²) in [6.45, 7) is 2.04. The van der Waals surface area contributed by atoms with Crippen molar-refractivity contribution in [2.24, 2.45) is 0 Å². The van der Waals surface area contributed by atoms with E-state index in [0.717, 1.165) is 27.5 Å². The Morgan fingerprint density at radius 3 is 2.84 bits per heavy atom. The molecule has 0 saturated heterocycles. The van der Waals surface area contributed by atoms with Crippen molar-refractivity contribution in [3.8, 4) is 0 Å². The van der Waals surface area contributed by atoms with Crippen molar-refractivity contribution < 1.29 is 0 Å². The highest BCUT2D eigenvalue weighted by atomic mass is 35.5. The van der Waals surface area contributed by atoms with Crippen LogP contribution in [0.15, 0.2) is 36.5 Å². The monoisotopic (exact) mass is 291 g/mol. The molecule has 0 unspecified atom stereocenters. The minimum atomic E-state index is 0.551. The van der Waals surface area contributed by atoms with E-state index in [1.807, 2.05) is 37.3 Å². The van der Waals surface area contributed by atoms with Crippen LogP contribution >= 0.6 is 23.2 Å². The first-order chi connectivity index (χ1) is 9.15. The van der Waals surface area contributed by atoms with Gasteiger partial charge in [0.2, 0.25) is 0 Å². The summed E-state index contributed by atoms with van der Waals surface area (Å²) in [7, 11) is 0. The van der Waals surface area contributed by atoms with E-state index in [9.17, 15) is 0 Å². The number of benzene rings is 1. The van der Waals surface area contributed by atoms with E-state index in [1.165, 1.54) is 0 Å². The van der Waals surface area contributed by atoms with Crippen LogP contribution < -0.4 is 0 Å². The van der Waals surface area contributed by atoms with Crippen LogP contribution in [0.4, 0.5) is 0 Å². The Bertz CT molecular complexity index is 729. The van der Waals surface area contributed by atoms with E-state index in [0.29, 0.717) is 11.6 Å². The van der Waals surface area contributed by atoms with E-state index in [-0.39, 0.29) is 0 Å². The molecule has 0 saturated carbocycles. The lowest BCUT2D eigenvalue weighted by Crippen LogP contribution is -2.00. The lowest BCUT2D eigenvalue weighted by molar-refractivity contribution is 0.918. The quantitative estimate of drug-likeness (QED) is 0.670. The Labute approximate surface area is 120 Å². The molecular weight excluding hydrogens is 281 g/mol. The Morgan fingerprint density at radius 1 is 1.21 bits per heavy atom. The maximum atomic E-state index is 6.24. The number of aromatic nitrogens is 3. The minimum Gasteiger partial charge on any atom is -0.233 e. The van der Waals surface area contributed by atoms with Gasteiger partial charge in [-0.05, 0) is 30.2 Å². The zero-order valence-electron chi connectivity index (χ0n) is 10.3. The molecule has 0 bridgehead atoms. The largest absolute Gasteiger partial charge is 0.233 e. The number of rotatable bonds is 2. The van der Waals surface area contributed by atoms with Crippen LogP contribution in [-0.2, 0) is 6.42 Å². The molecule has 3 nitrogen and oxygen atoms in total. The second-order valence-corrected chi connectivity index (χ2v) is 5.18. The number of hydrogen-bond acceptors (Lipinski definition) is 2. The molecule has 0 radical (unpaired) electrons. The lowest BCUT2D eigenvalue weighted by Gasteiger charge is -2.08. The van der Waals surface area contributed by atoms with Crippen LogP contribution in [0.25, 0.3) is 5.65 Å². The first-order valence-corrected chi connectivity index (χ1v) is 6.64. The highest BCUT2D eigenvalue weighted by Gasteiger charge is 2.09. The van der Waals surface area contributed by atoms with Gasteiger partial charge >= 0.3 is 0 Å². The highest BCUT2D eigenvalue weighted by Crippen LogP contribution is 2.23. The molecule has 0 aliphatic heterocycles. The Hall–Kier alpha value is -1.58. The van der Waals surface area contributed by atoms with Gasteiger partial charge in [0.1, 0.15) is 5.15 Å². The zero-order valence-corrected chi connectivity index (χ0v) is 11.8. The summed E-state index contributed by atoms with van der Waals surface area (Å²) in [6, 6.07) is 9.53. The van der Waals surface area contributed by atoms with Crippen LogP contribution in [0.3, 0.4) is 0 Å². The standard InChI is InChI=1S/C14H11Cl2N3/c1-9-3-2-4-12(15)11(9)7-10-8-13(16)19-14(18-10)5-6-17-19/h2-6,8H,7H2,1H3. The van der Waals surface area contributed by atoms with Crippen molar-refractivity contribution in [3.05, 3.63) is 63.5 Å². The average Bonchev–Trinajstić information content (AvgIpc) is 2.83. The van der Waals surface area contributed by atoms with Gasteiger partial charge in [-0.15, -0.1) is 0 Å². The van der Waals surface area contributed by atoms with Crippen LogP contribution in [0.1, 0.15) is 16.8 Å². The van der Waals surface area contributed by atoms with Gasteiger partial charge in [0.15, 0.2) is 5.65 Å². The lowest BCUT2D eigenvalue weighted by atomic mass is 10.0. The summed E-state index contributed by atoms with van der Waals surface area (Å²) in [6.07, 6.45) is 2.34. The third kappa shape index (κ3) is 2.31. The van der Waals surface area contributed by atoms with Crippen LogP contribution in [0, 0.1) is 6.92 Å². The summed E-state index contributed by atoms with van der Waals surface area (Å²) in [5.41, 5.74) is 3.86. The normalized spacial score (nSPS) is 11.1. The van der Waals surface area contributed by atoms with Gasteiger partial charge in [-0.25, -0.2) is 9.50 Å². The Kier molecular flexibility index (Phi) is 3.17. The van der Waals surface area contributed by atoms with Gasteiger partial charge in [-0.1, -0.05) is 35.3 Å². The predicted octanol–water partition coefficient (Wildman–Crippen LogP) is 3.94. The Morgan fingerprint density at radius 2 is 2.05 bits per heavy atom. The van der Waals surface area contributed by atoms with Crippen molar-refractivity contribution >= 4 is 28.8 Å². The summed E-state index contributed by atoms with van der Waals surface area (Å²) in [5.74, 6) is 0. The van der Waals surface area contributed by atoms with Crippen molar-refractivity contribution in [2.75, 3.05) is 0 Å². The van der Waals surface area contributed by atoms with Gasteiger partial charge < -0.3 is 0 Å². The Balaban J connectivity index is 2.06. The molecule has 1 aromatic carbocycles. The van der Waals surface area contributed by atoms with E-state index in [1.54, 1.807) is 10.7 Å². The molecule has 0 fully saturated rings. The molecule has 0 aliphatic carbocycles. The zero-order chi connectivity index (χ0) is 13.4. The molecule has 2 heterocycles. The van der Waals surface area contributed by atoms with Crippen molar-refractivity contribution in [1.82, 2.24) is 14.6 Å².